The standard InChI is InChI=1S/C32H37FN4O7S/c33-27-17-26-24(18-37(31(26)40)28-6-7-29(38)34-30(28)39)16-25(27)23-10-14-36(15-11-23)45(42,43)20-22-8-12-35(13-9-22)32(41)44-19-21-4-2-1-3-5-21/h1-5,16-17,22-23,28H,6-15,18-20H2,(H,34,38,39). The van der Waals surface area contributed by atoms with Crippen LogP contribution < -0.4 is 5.32 Å². The summed E-state index contributed by atoms with van der Waals surface area (Å²) >= 11 is 0. The lowest BCUT2D eigenvalue weighted by atomic mass is 9.88. The molecule has 11 nitrogen and oxygen atoms in total. The number of ether oxygens (including phenoxy) is 1. The van der Waals surface area contributed by atoms with Crippen molar-refractivity contribution in [2.45, 2.75) is 63.6 Å². The van der Waals surface area contributed by atoms with Crippen molar-refractivity contribution in [2.75, 3.05) is 31.9 Å². The highest BCUT2D eigenvalue weighted by atomic mass is 32.2. The maximum Gasteiger partial charge on any atom is 0.410 e. The number of carbonyl (C=O) groups excluding carboxylic acids is 4. The number of fused-ring (bicyclic) bond motifs is 1. The van der Waals surface area contributed by atoms with Crippen LogP contribution in [0.25, 0.3) is 0 Å². The molecule has 6 rings (SSSR count). The van der Waals surface area contributed by atoms with Crippen LogP contribution in [0.15, 0.2) is 42.5 Å². The molecule has 4 amide bonds. The van der Waals surface area contributed by atoms with E-state index in [0.29, 0.717) is 49.9 Å². The van der Waals surface area contributed by atoms with Crippen LogP contribution in [0.2, 0.25) is 0 Å². The van der Waals surface area contributed by atoms with E-state index < -0.39 is 39.8 Å². The molecule has 0 saturated carbocycles. The monoisotopic (exact) mass is 640 g/mol. The van der Waals surface area contributed by atoms with Crippen molar-refractivity contribution < 1.29 is 36.7 Å². The van der Waals surface area contributed by atoms with Crippen LogP contribution in [0.1, 0.15) is 71.5 Å². The fraction of sp³-hybridized carbons (Fsp3) is 0.500. The molecule has 4 aliphatic rings. The zero-order valence-corrected chi connectivity index (χ0v) is 25.8. The van der Waals surface area contributed by atoms with Gasteiger partial charge in [0.25, 0.3) is 5.91 Å². The molecular formula is C32H37FN4O7S. The van der Waals surface area contributed by atoms with Crippen LogP contribution in [-0.2, 0) is 37.5 Å². The van der Waals surface area contributed by atoms with E-state index in [1.807, 2.05) is 30.3 Å². The van der Waals surface area contributed by atoms with Crippen LogP contribution in [0.3, 0.4) is 0 Å². The van der Waals surface area contributed by atoms with Gasteiger partial charge >= 0.3 is 6.09 Å². The van der Waals surface area contributed by atoms with Crippen LogP contribution >= 0.6 is 0 Å². The van der Waals surface area contributed by atoms with E-state index in [9.17, 15) is 27.6 Å². The van der Waals surface area contributed by atoms with Gasteiger partial charge in [-0.1, -0.05) is 36.4 Å². The summed E-state index contributed by atoms with van der Waals surface area (Å²) in [6, 6.07) is 11.6. The van der Waals surface area contributed by atoms with Gasteiger partial charge in [0, 0.05) is 44.7 Å². The average molecular weight is 641 g/mol. The molecule has 240 valence electrons. The number of halogens is 1. The second-order valence-corrected chi connectivity index (χ2v) is 14.4. The number of likely N-dealkylation sites (tertiary alicyclic amines) is 1. The summed E-state index contributed by atoms with van der Waals surface area (Å²) in [5.41, 5.74) is 2.21. The highest BCUT2D eigenvalue weighted by Crippen LogP contribution is 2.36. The summed E-state index contributed by atoms with van der Waals surface area (Å²) < 4.78 is 48.8. The Balaban J connectivity index is 0.997. The summed E-state index contributed by atoms with van der Waals surface area (Å²) in [4.78, 5) is 52.4. The van der Waals surface area contributed by atoms with Gasteiger partial charge in [-0.15, -0.1) is 0 Å². The summed E-state index contributed by atoms with van der Waals surface area (Å²) in [7, 11) is -3.54. The molecule has 13 heteroatoms. The first-order chi connectivity index (χ1) is 21.6. The van der Waals surface area contributed by atoms with Gasteiger partial charge in [-0.25, -0.2) is 21.9 Å². The topological polar surface area (TPSA) is 133 Å². The Morgan fingerprint density at radius 3 is 2.36 bits per heavy atom. The Morgan fingerprint density at radius 2 is 1.67 bits per heavy atom. The first kappa shape index (κ1) is 31.2. The molecular weight excluding hydrogens is 603 g/mol. The number of carbonyl (C=O) groups is 4. The molecule has 45 heavy (non-hydrogen) atoms. The largest absolute Gasteiger partial charge is 0.445 e. The van der Waals surface area contributed by atoms with Crippen LogP contribution in [0, 0.1) is 11.7 Å². The van der Waals surface area contributed by atoms with E-state index in [1.54, 1.807) is 11.0 Å². The number of nitrogens with one attached hydrogen (secondary N) is 1. The molecule has 0 bridgehead atoms. The fourth-order valence-corrected chi connectivity index (χ4v) is 8.77. The SMILES string of the molecule is O=C1CCC(N2Cc3cc(C4CCN(S(=O)(=O)CC5CCN(C(=O)OCc6ccccc6)CC5)CC4)c(F)cc3C2=O)C(=O)N1. The van der Waals surface area contributed by atoms with Gasteiger partial charge in [0.05, 0.1) is 5.75 Å². The number of hydrogen-bond acceptors (Lipinski definition) is 7. The van der Waals surface area contributed by atoms with Gasteiger partial charge in [-0.2, -0.15) is 0 Å². The first-order valence-corrected chi connectivity index (χ1v) is 17.1. The Kier molecular flexibility index (Phi) is 8.91. The summed E-state index contributed by atoms with van der Waals surface area (Å²) in [6.07, 6.45) is 2.02. The molecule has 0 aliphatic carbocycles. The molecule has 3 saturated heterocycles. The molecule has 0 radical (unpaired) electrons. The Hall–Kier alpha value is -3.84. The molecule has 4 aliphatic heterocycles. The third-order valence-corrected chi connectivity index (χ3v) is 11.5. The van der Waals surface area contributed by atoms with Crippen molar-refractivity contribution in [3.63, 3.8) is 0 Å². The minimum atomic E-state index is -3.54. The number of hydrogen-bond donors (Lipinski definition) is 1. The van der Waals surface area contributed by atoms with Crippen molar-refractivity contribution in [3.05, 3.63) is 70.5 Å². The Labute approximate surface area is 261 Å². The summed E-state index contributed by atoms with van der Waals surface area (Å²) in [6.45, 7) is 1.78. The van der Waals surface area contributed by atoms with Gasteiger partial charge in [-0.3, -0.25) is 19.7 Å². The fourth-order valence-electron chi connectivity index (χ4n) is 6.86. The zero-order chi connectivity index (χ0) is 31.7. The van der Waals surface area contributed by atoms with Gasteiger partial charge in [0.15, 0.2) is 0 Å². The van der Waals surface area contributed by atoms with Crippen LogP contribution in [0.5, 0.6) is 0 Å². The van der Waals surface area contributed by atoms with E-state index in [-0.39, 0.29) is 68.1 Å². The van der Waals surface area contributed by atoms with E-state index in [0.717, 1.165) is 5.56 Å². The molecule has 2 aromatic rings. The zero-order valence-electron chi connectivity index (χ0n) is 25.0. The van der Waals surface area contributed by atoms with E-state index >= 15 is 4.39 Å². The normalized spacial score (nSPS) is 22.0. The second kappa shape index (κ2) is 12.9. The van der Waals surface area contributed by atoms with Crippen LogP contribution in [-0.4, -0.2) is 84.3 Å². The molecule has 1 unspecified atom stereocenters. The average Bonchev–Trinajstić information content (AvgIpc) is 3.34. The Bertz CT molecular complexity index is 1590. The minimum Gasteiger partial charge on any atom is -0.445 e. The predicted octanol–water partition coefficient (Wildman–Crippen LogP) is 3.14. The lowest BCUT2D eigenvalue weighted by Gasteiger charge is -2.35. The smallest absolute Gasteiger partial charge is 0.410 e. The quantitative estimate of drug-likeness (QED) is 0.460. The lowest BCUT2D eigenvalue weighted by molar-refractivity contribution is -0.136. The van der Waals surface area contributed by atoms with Gasteiger partial charge in [0.2, 0.25) is 21.8 Å². The van der Waals surface area contributed by atoms with E-state index in [2.05, 4.69) is 5.32 Å². The van der Waals surface area contributed by atoms with Crippen molar-refractivity contribution in [2.24, 2.45) is 5.92 Å². The number of benzene rings is 2. The lowest BCUT2D eigenvalue weighted by Crippen LogP contribution is -2.52. The number of imide groups is 1. The molecule has 1 atom stereocenters. The maximum atomic E-state index is 15.3. The molecule has 1 N–H and O–H groups in total. The highest BCUT2D eigenvalue weighted by Gasteiger charge is 2.40. The molecule has 3 fully saturated rings. The van der Waals surface area contributed by atoms with Gasteiger partial charge in [-0.05, 0) is 66.7 Å². The Morgan fingerprint density at radius 1 is 0.956 bits per heavy atom. The summed E-state index contributed by atoms with van der Waals surface area (Å²) in [5.74, 6) is -2.09. The van der Waals surface area contributed by atoms with Crippen LogP contribution in [0.4, 0.5) is 9.18 Å². The number of sulfonamides is 1. The van der Waals surface area contributed by atoms with Gasteiger partial charge < -0.3 is 14.5 Å². The number of rotatable bonds is 7. The molecule has 4 heterocycles. The van der Waals surface area contributed by atoms with E-state index in [1.165, 1.54) is 15.3 Å². The minimum absolute atomic E-state index is 0.00998. The number of amides is 4. The molecule has 0 spiro atoms. The highest BCUT2D eigenvalue weighted by molar-refractivity contribution is 7.89. The molecule has 2 aromatic carbocycles. The van der Waals surface area contributed by atoms with E-state index in [4.69, 9.17) is 4.74 Å². The maximum absolute atomic E-state index is 15.3. The van der Waals surface area contributed by atoms with Gasteiger partial charge in [0.1, 0.15) is 18.5 Å². The second-order valence-electron chi connectivity index (χ2n) is 12.4. The number of piperidine rings is 3. The predicted molar refractivity (Wildman–Crippen MR) is 161 cm³/mol. The van der Waals surface area contributed by atoms with Crippen molar-refractivity contribution in [3.8, 4) is 0 Å². The first-order valence-electron chi connectivity index (χ1n) is 15.5. The van der Waals surface area contributed by atoms with Crippen molar-refractivity contribution >= 4 is 33.8 Å². The summed E-state index contributed by atoms with van der Waals surface area (Å²) in [5, 5.41) is 2.27. The van der Waals surface area contributed by atoms with Crippen molar-refractivity contribution in [1.29, 1.82) is 0 Å². The van der Waals surface area contributed by atoms with Crippen molar-refractivity contribution in [1.82, 2.24) is 19.4 Å². The molecule has 0 aromatic heterocycles. The third kappa shape index (κ3) is 6.74. The number of nitrogens with zero attached hydrogens (tertiary/aromatic N) is 3. The third-order valence-electron chi connectivity index (χ3n) is 9.45.